The van der Waals surface area contributed by atoms with Crippen LogP contribution in [0.5, 0.6) is 0 Å². The van der Waals surface area contributed by atoms with Gasteiger partial charge in [0.25, 0.3) is 0 Å². The van der Waals surface area contributed by atoms with E-state index < -0.39 is 0 Å². The number of rotatable bonds is 4. The second-order valence-corrected chi connectivity index (χ2v) is 5.73. The zero-order valence-corrected chi connectivity index (χ0v) is 13.1. The minimum absolute atomic E-state index is 0.0253. The number of morpholine rings is 1. The first-order chi connectivity index (χ1) is 10.7. The van der Waals surface area contributed by atoms with Gasteiger partial charge in [0.1, 0.15) is 11.9 Å². The molecule has 2 aromatic heterocycles. The fraction of sp³-hybridized carbons (Fsp3) is 0.412. The van der Waals surface area contributed by atoms with Crippen molar-refractivity contribution in [3.05, 3.63) is 54.0 Å². The van der Waals surface area contributed by atoms with E-state index in [2.05, 4.69) is 16.0 Å². The molecule has 5 nitrogen and oxygen atoms in total. The maximum Gasteiger partial charge on any atom is 0.128 e. The van der Waals surface area contributed by atoms with Crippen molar-refractivity contribution in [3.63, 3.8) is 0 Å². The summed E-state index contributed by atoms with van der Waals surface area (Å²) in [4.78, 5) is 13.5. The second kappa shape index (κ2) is 6.85. The van der Waals surface area contributed by atoms with Gasteiger partial charge in [-0.1, -0.05) is 12.1 Å². The Morgan fingerprint density at radius 3 is 2.91 bits per heavy atom. The van der Waals surface area contributed by atoms with E-state index in [1.807, 2.05) is 55.5 Å². The van der Waals surface area contributed by atoms with Crippen molar-refractivity contribution >= 4 is 5.82 Å². The summed E-state index contributed by atoms with van der Waals surface area (Å²) in [6.45, 7) is 3.36. The molecule has 1 fully saturated rings. The predicted molar refractivity (Wildman–Crippen MR) is 86.8 cm³/mol. The lowest BCUT2D eigenvalue weighted by atomic mass is 10.1. The molecule has 1 saturated heterocycles. The molecule has 1 atom stereocenters. The summed E-state index contributed by atoms with van der Waals surface area (Å²) in [7, 11) is 4.00. The molecule has 0 unspecified atom stereocenters. The Balaban J connectivity index is 1.69. The first-order valence-corrected chi connectivity index (χ1v) is 7.60. The smallest absolute Gasteiger partial charge is 0.128 e. The second-order valence-electron chi connectivity index (χ2n) is 5.73. The van der Waals surface area contributed by atoms with Gasteiger partial charge in [0.2, 0.25) is 0 Å². The fourth-order valence-electron chi connectivity index (χ4n) is 2.61. The lowest BCUT2D eigenvalue weighted by Crippen LogP contribution is -2.38. The third-order valence-electron chi connectivity index (χ3n) is 3.81. The van der Waals surface area contributed by atoms with Crippen LogP contribution in [0.1, 0.15) is 17.5 Å². The van der Waals surface area contributed by atoms with Gasteiger partial charge >= 0.3 is 0 Å². The summed E-state index contributed by atoms with van der Waals surface area (Å²) < 4.78 is 5.92. The molecule has 0 aliphatic carbocycles. The van der Waals surface area contributed by atoms with Gasteiger partial charge in [-0.05, 0) is 24.3 Å². The van der Waals surface area contributed by atoms with Crippen LogP contribution < -0.4 is 4.90 Å². The molecule has 0 radical (unpaired) electrons. The lowest BCUT2D eigenvalue weighted by Gasteiger charge is -2.32. The number of pyridine rings is 2. The number of nitrogens with zero attached hydrogens (tertiary/aromatic N) is 4. The molecule has 0 aromatic carbocycles. The van der Waals surface area contributed by atoms with E-state index in [0.717, 1.165) is 43.4 Å². The lowest BCUT2D eigenvalue weighted by molar-refractivity contribution is -0.0352. The van der Waals surface area contributed by atoms with Crippen molar-refractivity contribution in [1.29, 1.82) is 0 Å². The van der Waals surface area contributed by atoms with E-state index in [4.69, 9.17) is 9.72 Å². The van der Waals surface area contributed by atoms with Gasteiger partial charge in [-0.25, -0.2) is 4.98 Å². The van der Waals surface area contributed by atoms with Crippen LogP contribution in [0, 0.1) is 0 Å². The van der Waals surface area contributed by atoms with Gasteiger partial charge in [0, 0.05) is 39.9 Å². The molecule has 0 spiro atoms. The average Bonchev–Trinajstić information content (AvgIpc) is 2.56. The topological polar surface area (TPSA) is 41.5 Å². The van der Waals surface area contributed by atoms with Crippen LogP contribution in [0.4, 0.5) is 5.82 Å². The molecule has 116 valence electrons. The summed E-state index contributed by atoms with van der Waals surface area (Å²) in [5, 5.41) is 0. The first kappa shape index (κ1) is 14.9. The Morgan fingerprint density at radius 1 is 1.23 bits per heavy atom. The van der Waals surface area contributed by atoms with Crippen molar-refractivity contribution < 1.29 is 4.74 Å². The molecule has 3 heterocycles. The zero-order chi connectivity index (χ0) is 15.4. The summed E-state index contributed by atoms with van der Waals surface area (Å²) in [5.74, 6) is 0.961. The van der Waals surface area contributed by atoms with Crippen LogP contribution in [0.2, 0.25) is 0 Å². The molecule has 0 bridgehead atoms. The van der Waals surface area contributed by atoms with Crippen molar-refractivity contribution in [2.24, 2.45) is 0 Å². The first-order valence-electron chi connectivity index (χ1n) is 7.60. The number of hydrogen-bond donors (Lipinski definition) is 0. The average molecular weight is 298 g/mol. The van der Waals surface area contributed by atoms with Gasteiger partial charge < -0.3 is 9.64 Å². The van der Waals surface area contributed by atoms with E-state index in [1.54, 1.807) is 0 Å². The Morgan fingerprint density at radius 2 is 2.14 bits per heavy atom. The standard InChI is InChI=1S/C17H22N4O/c1-20(2)17-8-5-7-15(19-17)16-13-21(10-11-22-16)12-14-6-3-4-9-18-14/h3-9,16H,10-13H2,1-2H3/t16-/m1/s1. The molecule has 2 aromatic rings. The monoisotopic (exact) mass is 298 g/mol. The highest BCUT2D eigenvalue weighted by molar-refractivity contribution is 5.37. The van der Waals surface area contributed by atoms with E-state index >= 15 is 0 Å². The molecule has 0 saturated carbocycles. The molecule has 0 N–H and O–H groups in total. The minimum Gasteiger partial charge on any atom is -0.369 e. The van der Waals surface area contributed by atoms with Gasteiger partial charge in [-0.2, -0.15) is 0 Å². The van der Waals surface area contributed by atoms with E-state index in [9.17, 15) is 0 Å². The molecule has 3 rings (SSSR count). The van der Waals surface area contributed by atoms with E-state index in [-0.39, 0.29) is 6.10 Å². The summed E-state index contributed by atoms with van der Waals surface area (Å²) in [5.41, 5.74) is 2.09. The van der Waals surface area contributed by atoms with Crippen LogP contribution in [-0.4, -0.2) is 48.7 Å². The maximum atomic E-state index is 5.92. The normalized spacial score (nSPS) is 19.1. The largest absolute Gasteiger partial charge is 0.369 e. The predicted octanol–water partition coefficient (Wildman–Crippen LogP) is 2.12. The van der Waals surface area contributed by atoms with Gasteiger partial charge in [0.05, 0.1) is 18.0 Å². The highest BCUT2D eigenvalue weighted by Gasteiger charge is 2.23. The minimum atomic E-state index is 0.0253. The quantitative estimate of drug-likeness (QED) is 0.865. The third kappa shape index (κ3) is 3.61. The number of anilines is 1. The van der Waals surface area contributed by atoms with Crippen LogP contribution >= 0.6 is 0 Å². The van der Waals surface area contributed by atoms with Crippen molar-refractivity contribution in [2.45, 2.75) is 12.6 Å². The van der Waals surface area contributed by atoms with E-state index in [1.165, 1.54) is 0 Å². The molecule has 22 heavy (non-hydrogen) atoms. The van der Waals surface area contributed by atoms with Crippen molar-refractivity contribution in [3.8, 4) is 0 Å². The van der Waals surface area contributed by atoms with Crippen LogP contribution in [0.15, 0.2) is 42.6 Å². The molecule has 1 aliphatic rings. The van der Waals surface area contributed by atoms with Crippen LogP contribution in [0.25, 0.3) is 0 Å². The van der Waals surface area contributed by atoms with Crippen molar-refractivity contribution in [1.82, 2.24) is 14.9 Å². The van der Waals surface area contributed by atoms with Crippen LogP contribution in [-0.2, 0) is 11.3 Å². The fourth-order valence-corrected chi connectivity index (χ4v) is 2.61. The SMILES string of the molecule is CN(C)c1cccc([C@H]2CN(Cc3ccccn3)CCO2)n1. The summed E-state index contributed by atoms with van der Waals surface area (Å²) in [6.07, 6.45) is 1.87. The Hall–Kier alpha value is -1.98. The summed E-state index contributed by atoms with van der Waals surface area (Å²) >= 11 is 0. The third-order valence-corrected chi connectivity index (χ3v) is 3.81. The highest BCUT2D eigenvalue weighted by Crippen LogP contribution is 2.23. The van der Waals surface area contributed by atoms with Crippen LogP contribution in [0.3, 0.4) is 0 Å². The number of ether oxygens (including phenoxy) is 1. The zero-order valence-electron chi connectivity index (χ0n) is 13.1. The molecular weight excluding hydrogens is 276 g/mol. The molecule has 0 amide bonds. The molecule has 5 heteroatoms. The Bertz CT molecular complexity index is 603. The van der Waals surface area contributed by atoms with Gasteiger partial charge in [-0.3, -0.25) is 9.88 Å². The Kier molecular flexibility index (Phi) is 4.65. The maximum absolute atomic E-state index is 5.92. The van der Waals surface area contributed by atoms with Gasteiger partial charge in [0.15, 0.2) is 0 Å². The van der Waals surface area contributed by atoms with Gasteiger partial charge in [-0.15, -0.1) is 0 Å². The number of hydrogen-bond acceptors (Lipinski definition) is 5. The summed E-state index contributed by atoms with van der Waals surface area (Å²) in [6, 6.07) is 12.1. The highest BCUT2D eigenvalue weighted by atomic mass is 16.5. The molecular formula is C17H22N4O. The Labute approximate surface area is 131 Å². The molecule has 1 aliphatic heterocycles. The number of aromatic nitrogens is 2. The van der Waals surface area contributed by atoms with E-state index in [0.29, 0.717) is 0 Å². The van der Waals surface area contributed by atoms with Crippen molar-refractivity contribution in [2.75, 3.05) is 38.7 Å².